The topological polar surface area (TPSA) is 43.1 Å². The van der Waals surface area contributed by atoms with Crippen LogP contribution in [0.4, 0.5) is 0 Å². The predicted molar refractivity (Wildman–Crippen MR) is 100 cm³/mol. The quantitative estimate of drug-likeness (QED) is 0.375. The molecule has 0 radical (unpaired) electrons. The largest absolute Gasteiger partial charge is 0.297 e. The summed E-state index contributed by atoms with van der Waals surface area (Å²) in [5.41, 5.74) is 3.43. The zero-order chi connectivity index (χ0) is 18.0. The van der Waals surface area contributed by atoms with Crippen molar-refractivity contribution >= 4 is 0 Å². The molecule has 0 aromatic heterocycles. The zero-order valence-electron chi connectivity index (χ0n) is 14.7. The van der Waals surface area contributed by atoms with Gasteiger partial charge in [-0.05, 0) is 37.5 Å². The Hall–Kier alpha value is -2.94. The first kappa shape index (κ1) is 16.9. The molecule has 0 amide bonds. The van der Waals surface area contributed by atoms with E-state index in [0.717, 1.165) is 16.7 Å². The summed E-state index contributed by atoms with van der Waals surface area (Å²) in [6, 6.07) is 22.8. The van der Waals surface area contributed by atoms with Gasteiger partial charge in [0.05, 0.1) is 0 Å². The highest BCUT2D eigenvalue weighted by atomic mass is 16.6. The molecule has 3 aromatic carbocycles. The molecule has 126 valence electrons. The van der Waals surface area contributed by atoms with Crippen molar-refractivity contribution < 1.29 is 4.92 Å². The number of aryl methyl sites for hydroxylation is 3. The van der Waals surface area contributed by atoms with Crippen molar-refractivity contribution in [2.24, 2.45) is 0 Å². The van der Waals surface area contributed by atoms with E-state index in [1.165, 1.54) is 0 Å². The van der Waals surface area contributed by atoms with Crippen molar-refractivity contribution in [3.05, 3.63) is 116 Å². The monoisotopic (exact) mass is 331 g/mol. The fourth-order valence-electron chi connectivity index (χ4n) is 3.67. The second-order valence-electron chi connectivity index (χ2n) is 6.41. The van der Waals surface area contributed by atoms with Crippen LogP contribution < -0.4 is 0 Å². The van der Waals surface area contributed by atoms with Crippen LogP contribution in [0.3, 0.4) is 0 Å². The molecule has 3 rings (SSSR count). The van der Waals surface area contributed by atoms with Crippen molar-refractivity contribution in [3.8, 4) is 0 Å². The molecule has 0 bridgehead atoms. The van der Waals surface area contributed by atoms with Crippen LogP contribution in [0.5, 0.6) is 0 Å². The average Bonchev–Trinajstić information content (AvgIpc) is 2.59. The summed E-state index contributed by atoms with van der Waals surface area (Å²) in [4.78, 5) is 12.5. The number of nitro groups is 1. The van der Waals surface area contributed by atoms with E-state index in [4.69, 9.17) is 0 Å². The molecule has 0 spiro atoms. The Labute approximate surface area is 148 Å². The zero-order valence-corrected chi connectivity index (χ0v) is 14.7. The Kier molecular flexibility index (Phi) is 4.41. The van der Waals surface area contributed by atoms with E-state index in [9.17, 15) is 10.1 Å². The summed E-state index contributed by atoms with van der Waals surface area (Å²) in [7, 11) is 0. The Bertz CT molecular complexity index is 820. The maximum absolute atomic E-state index is 12.7. The normalized spacial score (nSPS) is 11.3. The summed E-state index contributed by atoms with van der Waals surface area (Å²) in [6.45, 7) is 5.80. The van der Waals surface area contributed by atoms with Gasteiger partial charge in [0.15, 0.2) is 0 Å². The van der Waals surface area contributed by atoms with Crippen LogP contribution in [0.1, 0.15) is 33.4 Å². The smallest absolute Gasteiger partial charge is 0.263 e. The molecule has 0 fully saturated rings. The summed E-state index contributed by atoms with van der Waals surface area (Å²) >= 11 is 0. The van der Waals surface area contributed by atoms with Crippen LogP contribution in [0, 0.1) is 30.9 Å². The van der Waals surface area contributed by atoms with Crippen LogP contribution in [-0.2, 0) is 5.54 Å². The Morgan fingerprint density at radius 2 is 0.920 bits per heavy atom. The predicted octanol–water partition coefficient (Wildman–Crippen LogP) is 5.18. The molecule has 3 nitrogen and oxygen atoms in total. The number of nitrogens with zero attached hydrogens (tertiary/aromatic N) is 1. The second-order valence-corrected chi connectivity index (χ2v) is 6.41. The van der Waals surface area contributed by atoms with Gasteiger partial charge in [-0.25, -0.2) is 0 Å². The third kappa shape index (κ3) is 2.62. The van der Waals surface area contributed by atoms with E-state index in [1.807, 2.05) is 93.6 Å². The van der Waals surface area contributed by atoms with E-state index < -0.39 is 5.54 Å². The number of hydrogen-bond acceptors (Lipinski definition) is 2. The third-order valence-electron chi connectivity index (χ3n) is 4.88. The highest BCUT2D eigenvalue weighted by molar-refractivity contribution is 5.53. The molecule has 0 atom stereocenters. The molecular weight excluding hydrogens is 310 g/mol. The first-order valence-corrected chi connectivity index (χ1v) is 8.32. The molecule has 0 aliphatic carbocycles. The van der Waals surface area contributed by atoms with Gasteiger partial charge in [0.25, 0.3) is 5.54 Å². The van der Waals surface area contributed by atoms with Crippen molar-refractivity contribution in [2.75, 3.05) is 0 Å². The molecule has 0 saturated carbocycles. The van der Waals surface area contributed by atoms with Crippen molar-refractivity contribution in [2.45, 2.75) is 26.3 Å². The van der Waals surface area contributed by atoms with Crippen LogP contribution >= 0.6 is 0 Å². The minimum Gasteiger partial charge on any atom is -0.263 e. The molecule has 0 aliphatic heterocycles. The standard InChI is InChI=1S/C22H21NO2/c1-16-10-4-7-13-19(16)22(23(24)25,20-14-8-5-11-17(20)2)21-15-9-6-12-18(21)3/h4-15H,1-3H3. The lowest BCUT2D eigenvalue weighted by Gasteiger charge is -2.30. The Morgan fingerprint density at radius 3 is 1.16 bits per heavy atom. The minimum atomic E-state index is -1.43. The molecule has 3 heteroatoms. The SMILES string of the molecule is Cc1ccccc1C(c1ccccc1C)(c1ccccc1C)[N+](=O)[O-]. The fourth-order valence-corrected chi connectivity index (χ4v) is 3.67. The average molecular weight is 331 g/mol. The van der Waals surface area contributed by atoms with Crippen LogP contribution in [0.2, 0.25) is 0 Å². The van der Waals surface area contributed by atoms with Crippen molar-refractivity contribution in [1.29, 1.82) is 0 Å². The highest BCUT2D eigenvalue weighted by Crippen LogP contribution is 2.43. The van der Waals surface area contributed by atoms with Crippen LogP contribution in [0.15, 0.2) is 72.8 Å². The van der Waals surface area contributed by atoms with Crippen molar-refractivity contribution in [3.63, 3.8) is 0 Å². The summed E-state index contributed by atoms with van der Waals surface area (Å²) in [5, 5.41) is 12.7. The highest BCUT2D eigenvalue weighted by Gasteiger charge is 2.51. The second kappa shape index (κ2) is 6.52. The van der Waals surface area contributed by atoms with E-state index in [1.54, 1.807) is 0 Å². The summed E-state index contributed by atoms with van der Waals surface area (Å²) in [5.74, 6) is 0. The molecule has 0 saturated heterocycles. The van der Waals surface area contributed by atoms with Gasteiger partial charge in [0.2, 0.25) is 0 Å². The van der Waals surface area contributed by atoms with Crippen LogP contribution in [-0.4, -0.2) is 4.92 Å². The fraction of sp³-hybridized carbons (Fsp3) is 0.182. The van der Waals surface area contributed by atoms with Gasteiger partial charge in [0, 0.05) is 21.6 Å². The Balaban J connectivity index is 2.52. The van der Waals surface area contributed by atoms with Gasteiger partial charge >= 0.3 is 0 Å². The van der Waals surface area contributed by atoms with Crippen LogP contribution in [0.25, 0.3) is 0 Å². The van der Waals surface area contributed by atoms with Crippen molar-refractivity contribution in [1.82, 2.24) is 0 Å². The van der Waals surface area contributed by atoms with E-state index in [0.29, 0.717) is 16.7 Å². The molecule has 3 aromatic rings. The lowest BCUT2D eigenvalue weighted by molar-refractivity contribution is -0.553. The minimum absolute atomic E-state index is 0.139. The number of rotatable bonds is 4. The number of hydrogen-bond donors (Lipinski definition) is 0. The maximum atomic E-state index is 12.7. The van der Waals surface area contributed by atoms with Gasteiger partial charge in [-0.1, -0.05) is 72.8 Å². The van der Waals surface area contributed by atoms with Gasteiger partial charge in [-0.15, -0.1) is 0 Å². The maximum Gasteiger partial charge on any atom is 0.297 e. The van der Waals surface area contributed by atoms with Gasteiger partial charge in [-0.3, -0.25) is 10.1 Å². The summed E-state index contributed by atoms with van der Waals surface area (Å²) in [6.07, 6.45) is 0. The molecule has 0 unspecified atom stereocenters. The molecular formula is C22H21NO2. The summed E-state index contributed by atoms with van der Waals surface area (Å²) < 4.78 is 0. The lowest BCUT2D eigenvalue weighted by atomic mass is 9.73. The molecule has 0 heterocycles. The van der Waals surface area contributed by atoms with E-state index in [-0.39, 0.29) is 4.92 Å². The third-order valence-corrected chi connectivity index (χ3v) is 4.88. The van der Waals surface area contributed by atoms with Gasteiger partial charge < -0.3 is 0 Å². The first-order chi connectivity index (χ1) is 12.0. The van der Waals surface area contributed by atoms with Gasteiger partial charge in [-0.2, -0.15) is 0 Å². The lowest BCUT2D eigenvalue weighted by Crippen LogP contribution is -2.40. The number of benzene rings is 3. The molecule has 0 N–H and O–H groups in total. The Morgan fingerprint density at radius 1 is 0.640 bits per heavy atom. The first-order valence-electron chi connectivity index (χ1n) is 8.32. The van der Waals surface area contributed by atoms with E-state index in [2.05, 4.69) is 0 Å². The molecule has 25 heavy (non-hydrogen) atoms. The molecule has 0 aliphatic rings. The van der Waals surface area contributed by atoms with E-state index >= 15 is 0 Å². The van der Waals surface area contributed by atoms with Gasteiger partial charge in [0.1, 0.15) is 0 Å².